The number of halogens is 2. The van der Waals surface area contributed by atoms with Crippen molar-refractivity contribution in [2.24, 2.45) is 0 Å². The van der Waals surface area contributed by atoms with E-state index in [1.54, 1.807) is 0 Å². The van der Waals surface area contributed by atoms with Crippen LogP contribution in [-0.4, -0.2) is 8.32 Å². The van der Waals surface area contributed by atoms with Gasteiger partial charge in [-0.3, -0.25) is 0 Å². The van der Waals surface area contributed by atoms with Crippen molar-refractivity contribution < 1.29 is 27.3 Å². The Balaban J connectivity index is 5.11. The highest BCUT2D eigenvalue weighted by Gasteiger charge is 2.43. The van der Waals surface area contributed by atoms with Gasteiger partial charge < -0.3 is 4.21 Å². The van der Waals surface area contributed by atoms with Crippen LogP contribution in [0.3, 0.4) is 0 Å². The molecule has 98 valence electrons. The smallest absolute Gasteiger partial charge is 0.325 e. The fraction of sp³-hybridized carbons (Fsp3) is 0.333. The third kappa shape index (κ3) is 5.05. The highest BCUT2D eigenvalue weighted by Crippen LogP contribution is 2.54. The minimum absolute atomic E-state index is 0.307. The lowest BCUT2D eigenvalue weighted by molar-refractivity contribution is -0.108. The van der Waals surface area contributed by atoms with Crippen molar-refractivity contribution >= 4 is 16.1 Å². The second kappa shape index (κ2) is 7.68. The molecule has 0 heterocycles. The monoisotopic (exact) mass is 284 g/mol. The van der Waals surface area contributed by atoms with Gasteiger partial charge in [-0.15, -0.1) is 19.7 Å². The molecular weight excluding hydrogens is 269 g/mol. The molecule has 0 N–H and O–H groups in total. The molecular formula is C9H15F2O4PSi. The molecule has 0 unspecified atom stereocenters. The van der Waals surface area contributed by atoms with E-state index < -0.39 is 16.1 Å². The van der Waals surface area contributed by atoms with Crippen molar-refractivity contribution in [1.29, 1.82) is 0 Å². The lowest BCUT2D eigenvalue weighted by atomic mass is 10.7. The van der Waals surface area contributed by atoms with Crippen LogP contribution in [0.5, 0.6) is 0 Å². The summed E-state index contributed by atoms with van der Waals surface area (Å²) in [6.07, 6.45) is 4.54. The van der Waals surface area contributed by atoms with Gasteiger partial charge in [0, 0.05) is 0 Å². The Hall–Kier alpha value is -0.593. The SMILES string of the molecule is C=CC[Si](CC=C)(CC=C)OP(=O)(OF)OF. The zero-order valence-corrected chi connectivity index (χ0v) is 11.2. The largest absolute Gasteiger partial charge is 0.527 e. The van der Waals surface area contributed by atoms with Gasteiger partial charge in [-0.25, -0.2) is 4.57 Å². The van der Waals surface area contributed by atoms with Gasteiger partial charge in [-0.05, 0) is 27.2 Å². The summed E-state index contributed by atoms with van der Waals surface area (Å²) in [5, 5.41) is 0. The molecule has 0 aliphatic rings. The minimum atomic E-state index is -4.81. The lowest BCUT2D eigenvalue weighted by Gasteiger charge is -2.28. The molecule has 4 nitrogen and oxygen atoms in total. The third-order valence-corrected chi connectivity index (χ3v) is 7.90. The van der Waals surface area contributed by atoms with Gasteiger partial charge in [0.1, 0.15) is 0 Å². The van der Waals surface area contributed by atoms with Crippen molar-refractivity contribution in [3.63, 3.8) is 0 Å². The number of hydrogen-bond donors (Lipinski definition) is 0. The van der Waals surface area contributed by atoms with Crippen LogP contribution in [-0.2, 0) is 18.2 Å². The minimum Gasteiger partial charge on any atom is -0.325 e. The molecule has 0 radical (unpaired) electrons. The van der Waals surface area contributed by atoms with Gasteiger partial charge in [0.05, 0.1) is 0 Å². The summed E-state index contributed by atoms with van der Waals surface area (Å²) in [6.45, 7) is 10.6. The summed E-state index contributed by atoms with van der Waals surface area (Å²) in [4.78, 5) is 0. The van der Waals surface area contributed by atoms with E-state index in [0.29, 0.717) is 18.1 Å². The first kappa shape index (κ1) is 16.4. The van der Waals surface area contributed by atoms with Crippen LogP contribution in [0.15, 0.2) is 38.0 Å². The predicted molar refractivity (Wildman–Crippen MR) is 63.8 cm³/mol. The van der Waals surface area contributed by atoms with Crippen LogP contribution in [0.1, 0.15) is 0 Å². The first-order chi connectivity index (χ1) is 8.01. The van der Waals surface area contributed by atoms with Crippen molar-refractivity contribution in [3.8, 4) is 0 Å². The zero-order valence-electron chi connectivity index (χ0n) is 9.31. The van der Waals surface area contributed by atoms with Crippen molar-refractivity contribution in [1.82, 2.24) is 0 Å². The molecule has 0 rings (SSSR count). The molecule has 0 saturated heterocycles. The molecule has 0 spiro atoms. The Morgan fingerprint density at radius 2 is 1.35 bits per heavy atom. The summed E-state index contributed by atoms with van der Waals surface area (Å²) < 4.78 is 46.1. The van der Waals surface area contributed by atoms with E-state index in [9.17, 15) is 13.6 Å². The maximum absolute atomic E-state index is 12.0. The van der Waals surface area contributed by atoms with Gasteiger partial charge in [0.15, 0.2) is 0 Å². The summed E-state index contributed by atoms with van der Waals surface area (Å²) >= 11 is 0. The van der Waals surface area contributed by atoms with Gasteiger partial charge >= 0.3 is 7.82 Å². The van der Waals surface area contributed by atoms with E-state index in [1.807, 2.05) is 0 Å². The van der Waals surface area contributed by atoms with E-state index in [4.69, 9.17) is 4.21 Å². The van der Waals surface area contributed by atoms with Crippen LogP contribution in [0, 0.1) is 0 Å². The first-order valence-electron chi connectivity index (χ1n) is 4.75. The molecule has 0 amide bonds. The lowest BCUT2D eigenvalue weighted by Crippen LogP contribution is -2.35. The van der Waals surface area contributed by atoms with Crippen LogP contribution in [0.4, 0.5) is 9.05 Å². The highest BCUT2D eigenvalue weighted by atomic mass is 31.2. The normalized spacial score (nSPS) is 12.1. The molecule has 0 saturated carbocycles. The zero-order chi connectivity index (χ0) is 13.4. The van der Waals surface area contributed by atoms with Gasteiger partial charge in [-0.1, -0.05) is 27.7 Å². The Morgan fingerprint density at radius 1 is 1.00 bits per heavy atom. The first-order valence-corrected chi connectivity index (χ1v) is 8.74. The van der Waals surface area contributed by atoms with E-state index >= 15 is 0 Å². The molecule has 0 atom stereocenters. The van der Waals surface area contributed by atoms with Crippen molar-refractivity contribution in [2.45, 2.75) is 18.1 Å². The molecule has 0 aromatic heterocycles. The molecule has 0 fully saturated rings. The molecule has 0 aromatic rings. The third-order valence-electron chi connectivity index (χ3n) is 2.02. The predicted octanol–water partition coefficient (Wildman–Crippen LogP) is 4.42. The highest BCUT2D eigenvalue weighted by molar-refractivity contribution is 7.50. The van der Waals surface area contributed by atoms with Crippen LogP contribution in [0.2, 0.25) is 18.1 Å². The fourth-order valence-corrected chi connectivity index (χ4v) is 6.54. The number of allylic oxidation sites excluding steroid dienone is 3. The number of hydrogen-bond acceptors (Lipinski definition) is 4. The Morgan fingerprint density at radius 3 is 1.59 bits per heavy atom. The summed E-state index contributed by atoms with van der Waals surface area (Å²) in [5.74, 6) is 0. The molecule has 0 aromatic carbocycles. The molecule has 8 heteroatoms. The van der Waals surface area contributed by atoms with E-state index in [1.165, 1.54) is 18.2 Å². The van der Waals surface area contributed by atoms with Crippen LogP contribution >= 0.6 is 7.82 Å². The average molecular weight is 284 g/mol. The Kier molecular flexibility index (Phi) is 7.41. The summed E-state index contributed by atoms with van der Waals surface area (Å²) in [5.41, 5.74) is 0. The maximum atomic E-state index is 12.0. The molecule has 0 bridgehead atoms. The summed E-state index contributed by atoms with van der Waals surface area (Å²) in [7, 11) is -7.63. The number of rotatable bonds is 10. The Labute approximate surface area is 100 Å². The quantitative estimate of drug-likeness (QED) is 0.338. The standard InChI is InChI=1S/C9H15F2O4PSi/c1-4-7-17(8-5-2,9-6-3)15-16(12,13-10)14-11/h4-6H,1-3,7-9H2. The van der Waals surface area contributed by atoms with Gasteiger partial charge in [0.2, 0.25) is 8.32 Å². The molecule has 0 aliphatic heterocycles. The van der Waals surface area contributed by atoms with E-state index in [2.05, 4.69) is 29.2 Å². The second-order valence-corrected chi connectivity index (χ2v) is 8.83. The van der Waals surface area contributed by atoms with Crippen molar-refractivity contribution in [3.05, 3.63) is 38.0 Å². The van der Waals surface area contributed by atoms with Gasteiger partial charge in [-0.2, -0.15) is 0 Å². The van der Waals surface area contributed by atoms with E-state index in [-0.39, 0.29) is 0 Å². The molecule has 0 aliphatic carbocycles. The topological polar surface area (TPSA) is 44.8 Å². The van der Waals surface area contributed by atoms with Gasteiger partial charge in [0.25, 0.3) is 0 Å². The second-order valence-electron chi connectivity index (χ2n) is 3.34. The van der Waals surface area contributed by atoms with Crippen LogP contribution < -0.4 is 0 Å². The number of phosphoric acid groups is 1. The maximum Gasteiger partial charge on any atom is 0.527 e. The molecule has 17 heavy (non-hydrogen) atoms. The van der Waals surface area contributed by atoms with Crippen molar-refractivity contribution in [2.75, 3.05) is 0 Å². The Bertz CT molecular complexity index is 290. The summed E-state index contributed by atoms with van der Waals surface area (Å²) in [6, 6.07) is 0.922. The van der Waals surface area contributed by atoms with Crippen LogP contribution in [0.25, 0.3) is 0 Å². The fourth-order valence-electron chi connectivity index (χ4n) is 1.43. The average Bonchev–Trinajstić information content (AvgIpc) is 2.30. The van der Waals surface area contributed by atoms with E-state index in [0.717, 1.165) is 0 Å².